The van der Waals surface area contributed by atoms with Crippen LogP contribution in [0.25, 0.3) is 16.9 Å². The fraction of sp³-hybridized carbons (Fsp3) is 0. The van der Waals surface area contributed by atoms with Crippen LogP contribution in [0.2, 0.25) is 0 Å². The first-order chi connectivity index (χ1) is 9.81. The van der Waals surface area contributed by atoms with Crippen molar-refractivity contribution in [2.75, 3.05) is 5.32 Å². The molecule has 0 fully saturated rings. The highest BCUT2D eigenvalue weighted by molar-refractivity contribution is 5.78. The van der Waals surface area contributed by atoms with E-state index in [1.807, 2.05) is 0 Å². The number of halogens is 1. The highest BCUT2D eigenvalue weighted by Crippen LogP contribution is 2.21. The van der Waals surface area contributed by atoms with Gasteiger partial charge in [0.2, 0.25) is 16.9 Å². The summed E-state index contributed by atoms with van der Waals surface area (Å²) >= 11 is 0. The standard InChI is InChI=1S/C11H6FN7O/c12-6-1-3-7(4-2-6)14-8-10-16-13-5-19(10)11-9(15-8)17-20-18-11/h1-5H,(H,14,15,17). The first-order valence-corrected chi connectivity index (χ1v) is 5.66. The molecule has 0 saturated carbocycles. The monoisotopic (exact) mass is 271 g/mol. The Balaban J connectivity index is 1.88. The van der Waals surface area contributed by atoms with E-state index in [4.69, 9.17) is 0 Å². The number of nitrogens with zero attached hydrogens (tertiary/aromatic N) is 6. The van der Waals surface area contributed by atoms with Crippen LogP contribution in [0.3, 0.4) is 0 Å². The van der Waals surface area contributed by atoms with E-state index in [1.165, 1.54) is 18.5 Å². The van der Waals surface area contributed by atoms with Crippen molar-refractivity contribution >= 4 is 28.4 Å². The number of fused-ring (bicyclic) bond motifs is 3. The summed E-state index contributed by atoms with van der Waals surface area (Å²) < 4.78 is 19.1. The van der Waals surface area contributed by atoms with Crippen molar-refractivity contribution in [3.63, 3.8) is 0 Å². The molecular weight excluding hydrogens is 265 g/mol. The minimum absolute atomic E-state index is 0.313. The molecule has 0 atom stereocenters. The van der Waals surface area contributed by atoms with Gasteiger partial charge in [-0.3, -0.25) is 4.40 Å². The SMILES string of the molecule is Fc1ccc(Nc2nc3nonc3n3cnnc23)cc1. The van der Waals surface area contributed by atoms with E-state index < -0.39 is 0 Å². The van der Waals surface area contributed by atoms with E-state index in [-0.39, 0.29) is 5.82 Å². The molecule has 3 heterocycles. The topological polar surface area (TPSA) is 94.0 Å². The van der Waals surface area contributed by atoms with Crippen molar-refractivity contribution in [1.29, 1.82) is 0 Å². The summed E-state index contributed by atoms with van der Waals surface area (Å²) in [4.78, 5) is 4.26. The Morgan fingerprint density at radius 1 is 1.10 bits per heavy atom. The predicted octanol–water partition coefficient (Wildman–Crippen LogP) is 1.54. The Bertz CT molecular complexity index is 898. The third-order valence-corrected chi connectivity index (χ3v) is 2.77. The van der Waals surface area contributed by atoms with E-state index in [1.54, 1.807) is 16.5 Å². The van der Waals surface area contributed by atoms with Gasteiger partial charge in [0, 0.05) is 5.69 Å². The molecule has 9 heteroatoms. The van der Waals surface area contributed by atoms with Gasteiger partial charge in [-0.05, 0) is 34.6 Å². The van der Waals surface area contributed by atoms with Gasteiger partial charge < -0.3 is 5.32 Å². The number of aromatic nitrogens is 6. The van der Waals surface area contributed by atoms with Crippen molar-refractivity contribution in [3.8, 4) is 0 Å². The molecule has 8 nitrogen and oxygen atoms in total. The zero-order chi connectivity index (χ0) is 13.5. The maximum atomic E-state index is 12.9. The second kappa shape index (κ2) is 3.95. The Morgan fingerprint density at radius 2 is 1.95 bits per heavy atom. The summed E-state index contributed by atoms with van der Waals surface area (Å²) in [6.07, 6.45) is 1.49. The molecule has 0 radical (unpaired) electrons. The number of benzene rings is 1. The van der Waals surface area contributed by atoms with Crippen LogP contribution in [-0.4, -0.2) is 29.9 Å². The van der Waals surface area contributed by atoms with Gasteiger partial charge in [0.25, 0.3) is 0 Å². The molecule has 20 heavy (non-hydrogen) atoms. The second-order valence-electron chi connectivity index (χ2n) is 4.03. The molecule has 0 aliphatic heterocycles. The first-order valence-electron chi connectivity index (χ1n) is 5.66. The van der Waals surface area contributed by atoms with Crippen LogP contribution in [0.15, 0.2) is 35.2 Å². The van der Waals surface area contributed by atoms with Gasteiger partial charge in [-0.25, -0.2) is 14.0 Å². The van der Waals surface area contributed by atoms with Gasteiger partial charge in [0.1, 0.15) is 12.1 Å². The summed E-state index contributed by atoms with van der Waals surface area (Å²) in [6, 6.07) is 5.88. The van der Waals surface area contributed by atoms with E-state index in [9.17, 15) is 4.39 Å². The normalized spacial score (nSPS) is 11.2. The fourth-order valence-electron chi connectivity index (χ4n) is 1.86. The van der Waals surface area contributed by atoms with Crippen molar-refractivity contribution < 1.29 is 9.02 Å². The molecule has 0 aliphatic carbocycles. The smallest absolute Gasteiger partial charge is 0.244 e. The summed E-state index contributed by atoms with van der Waals surface area (Å²) in [5.41, 5.74) is 1.88. The van der Waals surface area contributed by atoms with Gasteiger partial charge >= 0.3 is 0 Å². The molecule has 3 aromatic heterocycles. The lowest BCUT2D eigenvalue weighted by Crippen LogP contribution is -1.99. The summed E-state index contributed by atoms with van der Waals surface area (Å²) in [6.45, 7) is 0. The zero-order valence-corrected chi connectivity index (χ0v) is 9.86. The predicted molar refractivity (Wildman–Crippen MR) is 65.8 cm³/mol. The van der Waals surface area contributed by atoms with Crippen molar-refractivity contribution in [3.05, 3.63) is 36.4 Å². The van der Waals surface area contributed by atoms with E-state index in [0.29, 0.717) is 28.4 Å². The van der Waals surface area contributed by atoms with Crippen molar-refractivity contribution in [2.45, 2.75) is 0 Å². The third kappa shape index (κ3) is 1.56. The summed E-state index contributed by atoms with van der Waals surface area (Å²) in [7, 11) is 0. The third-order valence-electron chi connectivity index (χ3n) is 2.77. The van der Waals surface area contributed by atoms with Crippen LogP contribution in [-0.2, 0) is 0 Å². The average Bonchev–Trinajstić information content (AvgIpc) is 3.08. The van der Waals surface area contributed by atoms with Crippen LogP contribution >= 0.6 is 0 Å². The number of hydrogen-bond acceptors (Lipinski definition) is 7. The van der Waals surface area contributed by atoms with Crippen LogP contribution < -0.4 is 5.32 Å². The summed E-state index contributed by atoms with van der Waals surface area (Å²) in [5, 5.41) is 18.2. The van der Waals surface area contributed by atoms with Gasteiger partial charge in [0.05, 0.1) is 0 Å². The Labute approximate surface area is 110 Å². The molecule has 0 aliphatic rings. The number of rotatable bonds is 2. The molecule has 1 N–H and O–H groups in total. The van der Waals surface area contributed by atoms with Gasteiger partial charge in [-0.2, -0.15) is 0 Å². The molecule has 0 bridgehead atoms. The molecule has 1 aromatic carbocycles. The average molecular weight is 271 g/mol. The number of hydrogen-bond donors (Lipinski definition) is 1. The van der Waals surface area contributed by atoms with Crippen LogP contribution in [0.1, 0.15) is 0 Å². The van der Waals surface area contributed by atoms with Gasteiger partial charge in [-0.1, -0.05) is 0 Å². The number of anilines is 2. The highest BCUT2D eigenvalue weighted by atomic mass is 19.1. The maximum Gasteiger partial charge on any atom is 0.244 e. The summed E-state index contributed by atoms with van der Waals surface area (Å²) in [5.74, 6) is 0.115. The van der Waals surface area contributed by atoms with Crippen LogP contribution in [0.4, 0.5) is 15.9 Å². The lowest BCUT2D eigenvalue weighted by molar-refractivity contribution is 0.314. The molecule has 0 unspecified atom stereocenters. The molecule has 0 saturated heterocycles. The van der Waals surface area contributed by atoms with E-state index >= 15 is 0 Å². The van der Waals surface area contributed by atoms with Crippen molar-refractivity contribution in [2.24, 2.45) is 0 Å². The van der Waals surface area contributed by atoms with E-state index in [0.717, 1.165) is 0 Å². The Hall–Kier alpha value is -3.10. The van der Waals surface area contributed by atoms with E-state index in [2.05, 4.69) is 35.4 Å². The van der Waals surface area contributed by atoms with Gasteiger partial charge in [-0.15, -0.1) is 10.2 Å². The Kier molecular flexibility index (Phi) is 2.13. The molecule has 98 valence electrons. The molecular formula is C11H6FN7O. The quantitative estimate of drug-likeness (QED) is 0.591. The minimum Gasteiger partial charge on any atom is -0.337 e. The van der Waals surface area contributed by atoms with Gasteiger partial charge in [0.15, 0.2) is 5.82 Å². The lowest BCUT2D eigenvalue weighted by Gasteiger charge is -2.05. The molecule has 4 aromatic rings. The van der Waals surface area contributed by atoms with Crippen LogP contribution in [0, 0.1) is 5.82 Å². The highest BCUT2D eigenvalue weighted by Gasteiger charge is 2.14. The fourth-order valence-corrected chi connectivity index (χ4v) is 1.86. The largest absolute Gasteiger partial charge is 0.337 e. The Morgan fingerprint density at radius 3 is 2.80 bits per heavy atom. The molecule has 4 rings (SSSR count). The zero-order valence-electron chi connectivity index (χ0n) is 9.86. The lowest BCUT2D eigenvalue weighted by atomic mass is 10.3. The first kappa shape index (κ1) is 10.8. The molecule has 0 spiro atoms. The minimum atomic E-state index is -0.313. The van der Waals surface area contributed by atoms with Crippen LogP contribution in [0.5, 0.6) is 0 Å². The second-order valence-corrected chi connectivity index (χ2v) is 4.03. The van der Waals surface area contributed by atoms with Crippen molar-refractivity contribution in [1.82, 2.24) is 29.9 Å². The maximum absolute atomic E-state index is 12.9. The molecule has 0 amide bonds. The number of nitrogens with one attached hydrogen (secondary N) is 1.